The molecule has 0 aromatic heterocycles. The van der Waals surface area contributed by atoms with Crippen molar-refractivity contribution in [3.63, 3.8) is 0 Å². The minimum Gasteiger partial charge on any atom is -0.488 e. The molecule has 1 unspecified atom stereocenters. The third kappa shape index (κ3) is 7.39. The molecule has 2 rings (SSSR count). The fraction of sp³-hybridized carbons (Fsp3) is 0.667. The summed E-state index contributed by atoms with van der Waals surface area (Å²) in [6.07, 6.45) is 0. The van der Waals surface area contributed by atoms with E-state index in [4.69, 9.17) is 4.74 Å². The van der Waals surface area contributed by atoms with Crippen LogP contribution in [0, 0.1) is 0 Å². The number of nitrogens with one attached hydrogen (secondary N) is 2. The van der Waals surface area contributed by atoms with Crippen molar-refractivity contribution in [3.05, 3.63) is 29.8 Å². The highest BCUT2D eigenvalue weighted by atomic mass is 16.5. The van der Waals surface area contributed by atoms with E-state index in [0.29, 0.717) is 12.6 Å². The zero-order valence-corrected chi connectivity index (χ0v) is 17.9. The van der Waals surface area contributed by atoms with Gasteiger partial charge in [-0.3, -0.25) is 9.89 Å². The van der Waals surface area contributed by atoms with Crippen molar-refractivity contribution in [1.29, 1.82) is 0 Å². The van der Waals surface area contributed by atoms with E-state index in [1.807, 2.05) is 25.2 Å². The predicted molar refractivity (Wildman–Crippen MR) is 114 cm³/mol. The molecule has 0 saturated carbocycles. The van der Waals surface area contributed by atoms with Gasteiger partial charge in [0.25, 0.3) is 0 Å². The molecule has 2 N–H and O–H groups in total. The van der Waals surface area contributed by atoms with Crippen LogP contribution in [0.1, 0.15) is 33.3 Å². The summed E-state index contributed by atoms with van der Waals surface area (Å²) in [7, 11) is 4.00. The number of nitrogens with zero attached hydrogens (tertiary/aromatic N) is 3. The van der Waals surface area contributed by atoms with Crippen LogP contribution in [0.5, 0.6) is 5.75 Å². The summed E-state index contributed by atoms with van der Waals surface area (Å²) in [6.45, 7) is 14.6. The average molecular weight is 376 g/mol. The molecule has 0 bridgehead atoms. The number of benzene rings is 1. The number of ether oxygens (including phenoxy) is 1. The molecule has 1 aromatic rings. The van der Waals surface area contributed by atoms with Gasteiger partial charge in [-0.05, 0) is 40.8 Å². The van der Waals surface area contributed by atoms with Crippen LogP contribution in [0.2, 0.25) is 0 Å². The number of piperazine rings is 1. The first-order valence-corrected chi connectivity index (χ1v) is 9.92. The van der Waals surface area contributed by atoms with E-state index in [1.165, 1.54) is 0 Å². The van der Waals surface area contributed by atoms with E-state index in [2.05, 4.69) is 66.2 Å². The predicted octanol–water partition coefficient (Wildman–Crippen LogP) is 2.16. The number of likely N-dealkylation sites (N-methyl/N-ethyl adjacent to an activating group) is 1. The van der Waals surface area contributed by atoms with Crippen molar-refractivity contribution < 1.29 is 4.74 Å². The SMILES string of the molecule is CN=C(NCc1ccccc1OC(C)(C)C)NCC(C)N1CCN(C)CC1. The van der Waals surface area contributed by atoms with Gasteiger partial charge in [-0.2, -0.15) is 0 Å². The molecule has 0 amide bonds. The van der Waals surface area contributed by atoms with Crippen LogP contribution < -0.4 is 15.4 Å². The first-order chi connectivity index (χ1) is 12.8. The second kappa shape index (κ2) is 9.95. The molecule has 1 atom stereocenters. The highest BCUT2D eigenvalue weighted by molar-refractivity contribution is 5.79. The Morgan fingerprint density at radius 1 is 1.15 bits per heavy atom. The largest absolute Gasteiger partial charge is 0.488 e. The number of para-hydroxylation sites is 1. The Balaban J connectivity index is 1.84. The molecule has 1 saturated heterocycles. The van der Waals surface area contributed by atoms with Crippen LogP contribution in [-0.4, -0.2) is 74.2 Å². The maximum atomic E-state index is 6.07. The maximum absolute atomic E-state index is 6.07. The highest BCUT2D eigenvalue weighted by Crippen LogP contribution is 2.22. The van der Waals surface area contributed by atoms with Crippen molar-refractivity contribution in [2.75, 3.05) is 46.8 Å². The van der Waals surface area contributed by atoms with Crippen LogP contribution in [-0.2, 0) is 6.54 Å². The summed E-state index contributed by atoms with van der Waals surface area (Å²) in [5.74, 6) is 1.74. The monoisotopic (exact) mass is 375 g/mol. The summed E-state index contributed by atoms with van der Waals surface area (Å²) < 4.78 is 6.07. The minimum absolute atomic E-state index is 0.214. The van der Waals surface area contributed by atoms with Gasteiger partial charge in [0.05, 0.1) is 0 Å². The molecular weight excluding hydrogens is 338 g/mol. The maximum Gasteiger partial charge on any atom is 0.191 e. The first kappa shape index (κ1) is 21.5. The van der Waals surface area contributed by atoms with E-state index in [-0.39, 0.29) is 5.60 Å². The van der Waals surface area contributed by atoms with Gasteiger partial charge in [0.1, 0.15) is 11.4 Å². The Bertz CT molecular complexity index is 603. The first-order valence-electron chi connectivity index (χ1n) is 9.92. The fourth-order valence-corrected chi connectivity index (χ4v) is 3.12. The molecule has 6 heteroatoms. The topological polar surface area (TPSA) is 52.1 Å². The number of aliphatic imine (C=N–C) groups is 1. The Morgan fingerprint density at radius 2 is 1.81 bits per heavy atom. The molecule has 27 heavy (non-hydrogen) atoms. The normalized spacial score (nSPS) is 18.2. The molecule has 0 spiro atoms. The molecule has 1 aliphatic rings. The van der Waals surface area contributed by atoms with Gasteiger partial charge in [-0.25, -0.2) is 0 Å². The Labute approximate surface area is 165 Å². The van der Waals surface area contributed by atoms with Gasteiger partial charge < -0.3 is 20.3 Å². The summed E-state index contributed by atoms with van der Waals surface area (Å²) in [4.78, 5) is 9.28. The van der Waals surface area contributed by atoms with Crippen molar-refractivity contribution in [3.8, 4) is 5.75 Å². The lowest BCUT2D eigenvalue weighted by atomic mass is 10.1. The van der Waals surface area contributed by atoms with Gasteiger partial charge in [-0.1, -0.05) is 18.2 Å². The zero-order valence-electron chi connectivity index (χ0n) is 17.9. The van der Waals surface area contributed by atoms with Crippen LogP contribution in [0.25, 0.3) is 0 Å². The van der Waals surface area contributed by atoms with Crippen LogP contribution in [0.3, 0.4) is 0 Å². The molecule has 1 fully saturated rings. The average Bonchev–Trinajstić information content (AvgIpc) is 2.62. The number of hydrogen-bond acceptors (Lipinski definition) is 4. The highest BCUT2D eigenvalue weighted by Gasteiger charge is 2.19. The summed E-state index contributed by atoms with van der Waals surface area (Å²) in [6, 6.07) is 8.64. The lowest BCUT2D eigenvalue weighted by Gasteiger charge is -2.36. The van der Waals surface area contributed by atoms with Crippen LogP contribution in [0.15, 0.2) is 29.3 Å². The van der Waals surface area contributed by atoms with Crippen LogP contribution >= 0.6 is 0 Å². The van der Waals surface area contributed by atoms with E-state index in [9.17, 15) is 0 Å². The quantitative estimate of drug-likeness (QED) is 0.590. The Morgan fingerprint density at radius 3 is 2.44 bits per heavy atom. The lowest BCUT2D eigenvalue weighted by molar-refractivity contribution is 0.120. The van der Waals surface area contributed by atoms with Crippen molar-refractivity contribution in [2.45, 2.75) is 45.9 Å². The zero-order chi connectivity index (χ0) is 19.9. The third-order valence-electron chi connectivity index (χ3n) is 4.78. The molecule has 1 aliphatic heterocycles. The summed E-state index contributed by atoms with van der Waals surface area (Å²) in [5, 5.41) is 6.87. The fourth-order valence-electron chi connectivity index (χ4n) is 3.12. The van der Waals surface area contributed by atoms with E-state index in [0.717, 1.165) is 50.0 Å². The number of guanidine groups is 1. The molecule has 6 nitrogen and oxygen atoms in total. The van der Waals surface area contributed by atoms with Gasteiger partial charge in [-0.15, -0.1) is 0 Å². The van der Waals surface area contributed by atoms with Gasteiger partial charge in [0.15, 0.2) is 5.96 Å². The minimum atomic E-state index is -0.214. The molecular formula is C21H37N5O. The van der Waals surface area contributed by atoms with Gasteiger partial charge in [0, 0.05) is 57.9 Å². The van der Waals surface area contributed by atoms with Crippen molar-refractivity contribution in [1.82, 2.24) is 20.4 Å². The van der Waals surface area contributed by atoms with E-state index < -0.39 is 0 Å². The van der Waals surface area contributed by atoms with Gasteiger partial charge >= 0.3 is 0 Å². The molecule has 1 aromatic carbocycles. The molecule has 1 heterocycles. The molecule has 152 valence electrons. The second-order valence-corrected chi connectivity index (χ2v) is 8.32. The molecule has 0 aliphatic carbocycles. The van der Waals surface area contributed by atoms with Crippen molar-refractivity contribution in [2.24, 2.45) is 4.99 Å². The van der Waals surface area contributed by atoms with Gasteiger partial charge in [0.2, 0.25) is 0 Å². The van der Waals surface area contributed by atoms with E-state index in [1.54, 1.807) is 0 Å². The van der Waals surface area contributed by atoms with Crippen LogP contribution in [0.4, 0.5) is 0 Å². The van der Waals surface area contributed by atoms with E-state index >= 15 is 0 Å². The Kier molecular flexibility index (Phi) is 7.92. The second-order valence-electron chi connectivity index (χ2n) is 8.32. The van der Waals surface area contributed by atoms with Crippen molar-refractivity contribution >= 4 is 5.96 Å². The smallest absolute Gasteiger partial charge is 0.191 e. The third-order valence-corrected chi connectivity index (χ3v) is 4.78. The summed E-state index contributed by atoms with van der Waals surface area (Å²) in [5.41, 5.74) is 0.913. The molecule has 0 radical (unpaired) electrons. The number of hydrogen-bond donors (Lipinski definition) is 2. The number of rotatable bonds is 6. The standard InChI is InChI=1S/C21H37N5O/c1-17(26-13-11-25(6)12-14-26)15-23-20(22-5)24-16-18-9-7-8-10-19(18)27-21(2,3)4/h7-10,17H,11-16H2,1-6H3,(H2,22,23,24). The Hall–Kier alpha value is -1.79. The summed E-state index contributed by atoms with van der Waals surface area (Å²) >= 11 is 0. The lowest BCUT2D eigenvalue weighted by Crippen LogP contribution is -2.52.